The van der Waals surface area contributed by atoms with E-state index in [1.807, 2.05) is 110 Å². The Morgan fingerprint density at radius 2 is 1.13 bits per heavy atom. The van der Waals surface area contributed by atoms with E-state index in [9.17, 15) is 4.79 Å². The van der Waals surface area contributed by atoms with Crippen LogP contribution in [0.5, 0.6) is 0 Å². The highest BCUT2D eigenvalue weighted by atomic mass is 16.3. The van der Waals surface area contributed by atoms with Crippen LogP contribution in [-0.4, -0.2) is 24.3 Å². The number of aryl methyl sites for hydroxylation is 2. The Morgan fingerprint density at radius 1 is 0.500 bits per heavy atom. The molecule has 7 nitrogen and oxygen atoms in total. The van der Waals surface area contributed by atoms with Gasteiger partial charge >= 0.3 is 0 Å². The van der Waals surface area contributed by atoms with Crippen molar-refractivity contribution in [3.63, 3.8) is 0 Å². The summed E-state index contributed by atoms with van der Waals surface area (Å²) in [6.45, 7) is 4.06. The van der Waals surface area contributed by atoms with Crippen molar-refractivity contribution in [3.05, 3.63) is 161 Å². The minimum absolute atomic E-state index is 0.0507. The molecule has 0 unspecified atom stereocenters. The fourth-order valence-electron chi connectivity index (χ4n) is 7.34. The molecule has 10 rings (SSSR count). The number of fused-ring (bicyclic) bond motifs is 7. The van der Waals surface area contributed by atoms with Gasteiger partial charge in [-0.05, 0) is 72.3 Å². The Kier molecular flexibility index (Phi) is 6.63. The zero-order valence-electron chi connectivity index (χ0n) is 28.3. The minimum Gasteiger partial charge on any atom is -0.456 e. The molecule has 0 spiro atoms. The first kappa shape index (κ1) is 29.9. The molecule has 0 bridgehead atoms. The molecule has 4 heterocycles. The van der Waals surface area contributed by atoms with Crippen molar-refractivity contribution < 1.29 is 4.42 Å². The quantitative estimate of drug-likeness (QED) is 0.137. The SMILES string of the molecule is Cc1c(C)n2c(=O)c3ccccc3nc2c2ccc(-c3ccc4oc5cccc(-c6nc(-c7ccccc7)nc(-c7ccccc7)n6)c5c4c3)cc12. The number of furan rings is 1. The monoisotopic (exact) mass is 671 g/mol. The molecule has 0 aliphatic heterocycles. The van der Waals surface area contributed by atoms with Crippen molar-refractivity contribution >= 4 is 49.3 Å². The Balaban J connectivity index is 1.17. The topological polar surface area (TPSA) is 86.2 Å². The van der Waals surface area contributed by atoms with E-state index in [4.69, 9.17) is 24.4 Å². The second kappa shape index (κ2) is 11.5. The van der Waals surface area contributed by atoms with E-state index < -0.39 is 0 Å². The van der Waals surface area contributed by atoms with Crippen LogP contribution < -0.4 is 5.56 Å². The predicted octanol–water partition coefficient (Wildman–Crippen LogP) is 10.4. The van der Waals surface area contributed by atoms with Crippen LogP contribution in [0.1, 0.15) is 11.3 Å². The average Bonchev–Trinajstić information content (AvgIpc) is 3.58. The van der Waals surface area contributed by atoms with Gasteiger partial charge in [-0.3, -0.25) is 9.20 Å². The lowest BCUT2D eigenvalue weighted by Gasteiger charge is -2.15. The lowest BCUT2D eigenvalue weighted by atomic mass is 9.96. The van der Waals surface area contributed by atoms with Gasteiger partial charge in [-0.25, -0.2) is 19.9 Å². The van der Waals surface area contributed by atoms with Gasteiger partial charge in [-0.1, -0.05) is 103 Å². The summed E-state index contributed by atoms with van der Waals surface area (Å²) in [6.07, 6.45) is 0. The van der Waals surface area contributed by atoms with Crippen LogP contribution in [-0.2, 0) is 0 Å². The molecule has 52 heavy (non-hydrogen) atoms. The highest BCUT2D eigenvalue weighted by molar-refractivity contribution is 6.13. The molecule has 0 amide bonds. The summed E-state index contributed by atoms with van der Waals surface area (Å²) < 4.78 is 8.17. The number of pyridine rings is 1. The average molecular weight is 672 g/mol. The van der Waals surface area contributed by atoms with E-state index in [1.54, 1.807) is 4.40 Å². The third-order valence-electron chi connectivity index (χ3n) is 10.1. The number of hydrogen-bond donors (Lipinski definition) is 0. The Hall–Kier alpha value is -6.99. The molecule has 0 aliphatic carbocycles. The lowest BCUT2D eigenvalue weighted by Crippen LogP contribution is -2.18. The van der Waals surface area contributed by atoms with Gasteiger partial charge in [0.05, 0.1) is 10.9 Å². The largest absolute Gasteiger partial charge is 0.456 e. The number of hydrogen-bond acceptors (Lipinski definition) is 6. The van der Waals surface area contributed by atoms with E-state index in [-0.39, 0.29) is 5.56 Å². The summed E-state index contributed by atoms with van der Waals surface area (Å²) in [4.78, 5) is 33.5. The van der Waals surface area contributed by atoms with Crippen LogP contribution in [0, 0.1) is 13.8 Å². The van der Waals surface area contributed by atoms with Crippen molar-refractivity contribution in [1.82, 2.24) is 24.3 Å². The van der Waals surface area contributed by atoms with E-state index in [1.165, 1.54) is 0 Å². The number of rotatable bonds is 4. The number of nitrogens with zero attached hydrogens (tertiary/aromatic N) is 5. The molecule has 7 heteroatoms. The third-order valence-corrected chi connectivity index (χ3v) is 10.1. The first-order valence-corrected chi connectivity index (χ1v) is 17.2. The first-order chi connectivity index (χ1) is 25.5. The van der Waals surface area contributed by atoms with Crippen molar-refractivity contribution in [2.75, 3.05) is 0 Å². The lowest BCUT2D eigenvalue weighted by molar-refractivity contribution is 0.669. The summed E-state index contributed by atoms with van der Waals surface area (Å²) in [5, 5.41) is 4.52. The normalized spacial score (nSPS) is 11.7. The summed E-state index contributed by atoms with van der Waals surface area (Å²) in [5.41, 5.74) is 9.55. The Morgan fingerprint density at radius 3 is 1.87 bits per heavy atom. The van der Waals surface area contributed by atoms with Crippen LogP contribution in [0.25, 0.3) is 94.6 Å². The number of aromatic nitrogens is 5. The standard InChI is InChI=1S/C45H29N5O2/c1-26-27(2)50-44(46-37-18-10-9-16-33(37)45(50)51)32-22-20-30(24-35(26)32)31-21-23-38-36(25-31)40-34(17-11-19-39(40)52-38)43-48-41(28-12-5-3-6-13-28)47-42(49-43)29-14-7-4-8-15-29/h3-25H,1-2H3. The van der Waals surface area contributed by atoms with Gasteiger partial charge in [0.2, 0.25) is 0 Å². The predicted molar refractivity (Wildman–Crippen MR) is 208 cm³/mol. The van der Waals surface area contributed by atoms with Crippen LogP contribution in [0.3, 0.4) is 0 Å². The van der Waals surface area contributed by atoms with Crippen LogP contribution in [0.2, 0.25) is 0 Å². The third kappa shape index (κ3) is 4.63. The van der Waals surface area contributed by atoms with Crippen molar-refractivity contribution in [2.24, 2.45) is 0 Å². The first-order valence-electron chi connectivity index (χ1n) is 17.2. The summed E-state index contributed by atoms with van der Waals surface area (Å²) >= 11 is 0. The molecule has 0 aliphatic rings. The smallest absolute Gasteiger partial charge is 0.265 e. The highest BCUT2D eigenvalue weighted by Crippen LogP contribution is 2.39. The van der Waals surface area contributed by atoms with E-state index in [0.29, 0.717) is 34.0 Å². The summed E-state index contributed by atoms with van der Waals surface area (Å²) in [6, 6.07) is 46.2. The molecular weight excluding hydrogens is 643 g/mol. The fourth-order valence-corrected chi connectivity index (χ4v) is 7.34. The molecule has 6 aromatic carbocycles. The van der Waals surface area contributed by atoms with Gasteiger partial charge in [0.25, 0.3) is 5.56 Å². The van der Waals surface area contributed by atoms with Crippen LogP contribution >= 0.6 is 0 Å². The molecule has 246 valence electrons. The Bertz CT molecular complexity index is 3060. The molecule has 0 saturated carbocycles. The summed E-state index contributed by atoms with van der Waals surface area (Å²) in [5.74, 6) is 1.79. The van der Waals surface area contributed by atoms with Gasteiger partial charge in [-0.2, -0.15) is 0 Å². The van der Waals surface area contributed by atoms with Crippen LogP contribution in [0.15, 0.2) is 149 Å². The molecule has 10 aromatic rings. The molecule has 4 aromatic heterocycles. The van der Waals surface area contributed by atoms with Crippen LogP contribution in [0.4, 0.5) is 0 Å². The molecule has 0 atom stereocenters. The molecule has 0 fully saturated rings. The highest BCUT2D eigenvalue weighted by Gasteiger charge is 2.19. The maximum atomic E-state index is 13.6. The summed E-state index contributed by atoms with van der Waals surface area (Å²) in [7, 11) is 0. The minimum atomic E-state index is -0.0507. The van der Waals surface area contributed by atoms with Crippen molar-refractivity contribution in [1.29, 1.82) is 0 Å². The van der Waals surface area contributed by atoms with E-state index >= 15 is 0 Å². The maximum Gasteiger partial charge on any atom is 0.265 e. The number of benzene rings is 6. The van der Waals surface area contributed by atoms with E-state index in [0.717, 1.165) is 71.8 Å². The molecule has 0 saturated heterocycles. The second-order valence-electron chi connectivity index (χ2n) is 13.1. The van der Waals surface area contributed by atoms with Gasteiger partial charge in [-0.15, -0.1) is 0 Å². The Labute approximate surface area is 297 Å². The second-order valence-corrected chi connectivity index (χ2v) is 13.1. The fraction of sp³-hybridized carbons (Fsp3) is 0.0444. The molecule has 0 N–H and O–H groups in total. The zero-order valence-corrected chi connectivity index (χ0v) is 28.3. The van der Waals surface area contributed by atoms with Gasteiger partial charge in [0.15, 0.2) is 17.5 Å². The molecular formula is C45H29N5O2. The number of para-hydroxylation sites is 1. The van der Waals surface area contributed by atoms with Crippen molar-refractivity contribution in [3.8, 4) is 45.3 Å². The zero-order chi connectivity index (χ0) is 34.9. The van der Waals surface area contributed by atoms with Gasteiger partial charge in [0, 0.05) is 38.5 Å². The van der Waals surface area contributed by atoms with E-state index in [2.05, 4.69) is 43.3 Å². The molecule has 0 radical (unpaired) electrons. The maximum absolute atomic E-state index is 13.6. The van der Waals surface area contributed by atoms with Gasteiger partial charge < -0.3 is 4.42 Å². The van der Waals surface area contributed by atoms with Crippen molar-refractivity contribution in [2.45, 2.75) is 13.8 Å². The van der Waals surface area contributed by atoms with Gasteiger partial charge in [0.1, 0.15) is 16.8 Å².